The van der Waals surface area contributed by atoms with Gasteiger partial charge in [0.25, 0.3) is 0 Å². The van der Waals surface area contributed by atoms with E-state index in [0.717, 1.165) is 22.4 Å². The number of methoxy groups -OCH3 is 2. The molecule has 0 bridgehead atoms. The molecule has 1 unspecified atom stereocenters. The van der Waals surface area contributed by atoms with Crippen molar-refractivity contribution in [1.82, 2.24) is 5.32 Å². The minimum Gasteiger partial charge on any atom is -0.493 e. The van der Waals surface area contributed by atoms with Crippen LogP contribution < -0.4 is 19.5 Å². The summed E-state index contributed by atoms with van der Waals surface area (Å²) < 4.78 is 16.6. The van der Waals surface area contributed by atoms with E-state index in [0.29, 0.717) is 17.9 Å². The van der Waals surface area contributed by atoms with Gasteiger partial charge in [0.1, 0.15) is 11.4 Å². The molecule has 148 valence electrons. The molecule has 0 aromatic heterocycles. The van der Waals surface area contributed by atoms with Gasteiger partial charge in [-0.05, 0) is 50.6 Å². The van der Waals surface area contributed by atoms with E-state index in [-0.39, 0.29) is 17.6 Å². The zero-order chi connectivity index (χ0) is 20.3. The molecule has 1 amide bonds. The molecule has 5 nitrogen and oxygen atoms in total. The maximum Gasteiger partial charge on any atom is 0.244 e. The van der Waals surface area contributed by atoms with Crippen LogP contribution in [0.5, 0.6) is 17.2 Å². The van der Waals surface area contributed by atoms with Gasteiger partial charge >= 0.3 is 0 Å². The molecule has 2 aromatic carbocycles. The molecule has 0 spiro atoms. The van der Waals surface area contributed by atoms with Crippen LogP contribution in [0.4, 0.5) is 0 Å². The molecule has 3 rings (SSSR count). The summed E-state index contributed by atoms with van der Waals surface area (Å²) >= 11 is 0. The Morgan fingerprint density at radius 1 is 1.14 bits per heavy atom. The predicted octanol–water partition coefficient (Wildman–Crippen LogP) is 4.44. The normalized spacial score (nSPS) is 17.5. The molecule has 1 aliphatic heterocycles. The highest BCUT2D eigenvalue weighted by atomic mass is 16.5. The van der Waals surface area contributed by atoms with Crippen molar-refractivity contribution in [1.29, 1.82) is 0 Å². The molecule has 0 aliphatic carbocycles. The lowest BCUT2D eigenvalue weighted by Crippen LogP contribution is -2.41. The zero-order valence-corrected chi connectivity index (χ0v) is 17.0. The Labute approximate surface area is 166 Å². The molecule has 0 radical (unpaired) electrons. The highest BCUT2D eigenvalue weighted by Gasteiger charge is 2.34. The standard InChI is InChI=1S/C23H27NO4/c1-15-6-9-19-17(12-15)18(14-23(2,3)28-19)24-22(25)11-8-16-7-10-20(26-4)21(13-16)27-5/h6-13,18H,14H2,1-5H3,(H,24,25)/b11-8+. The number of hydrogen-bond donors (Lipinski definition) is 1. The van der Waals surface area contributed by atoms with Gasteiger partial charge in [-0.1, -0.05) is 23.8 Å². The minimum absolute atomic E-state index is 0.0961. The number of carbonyl (C=O) groups is 1. The topological polar surface area (TPSA) is 56.8 Å². The monoisotopic (exact) mass is 381 g/mol. The van der Waals surface area contributed by atoms with Crippen LogP contribution in [0.2, 0.25) is 0 Å². The summed E-state index contributed by atoms with van der Waals surface area (Å²) in [7, 11) is 3.18. The fourth-order valence-electron chi connectivity index (χ4n) is 3.45. The lowest BCUT2D eigenvalue weighted by molar-refractivity contribution is -0.117. The van der Waals surface area contributed by atoms with Crippen LogP contribution in [0.1, 0.15) is 43.0 Å². The van der Waals surface area contributed by atoms with Gasteiger partial charge in [0.05, 0.1) is 20.3 Å². The third-order valence-electron chi connectivity index (χ3n) is 4.77. The van der Waals surface area contributed by atoms with Gasteiger partial charge in [0.15, 0.2) is 11.5 Å². The average molecular weight is 381 g/mol. The van der Waals surface area contributed by atoms with E-state index >= 15 is 0 Å². The van der Waals surface area contributed by atoms with E-state index in [9.17, 15) is 4.79 Å². The molecular weight excluding hydrogens is 354 g/mol. The minimum atomic E-state index is -0.340. The molecule has 1 aliphatic rings. The van der Waals surface area contributed by atoms with Gasteiger partial charge in [-0.15, -0.1) is 0 Å². The molecule has 5 heteroatoms. The van der Waals surface area contributed by atoms with Gasteiger partial charge in [-0.25, -0.2) is 0 Å². The Morgan fingerprint density at radius 3 is 2.61 bits per heavy atom. The number of hydrogen-bond acceptors (Lipinski definition) is 4. The van der Waals surface area contributed by atoms with Crippen LogP contribution >= 0.6 is 0 Å². The Hall–Kier alpha value is -2.95. The van der Waals surface area contributed by atoms with E-state index in [1.54, 1.807) is 26.4 Å². The third-order valence-corrected chi connectivity index (χ3v) is 4.77. The SMILES string of the molecule is COc1ccc(/C=C/C(=O)NC2CC(C)(C)Oc3ccc(C)cc32)cc1OC. The van der Waals surface area contributed by atoms with E-state index in [4.69, 9.17) is 14.2 Å². The van der Waals surface area contributed by atoms with Crippen molar-refractivity contribution in [2.24, 2.45) is 0 Å². The van der Waals surface area contributed by atoms with E-state index in [1.165, 1.54) is 0 Å². The summed E-state index contributed by atoms with van der Waals surface area (Å²) in [5.41, 5.74) is 2.68. The van der Waals surface area contributed by atoms with Gasteiger partial charge < -0.3 is 19.5 Å². The molecule has 0 saturated heterocycles. The van der Waals surface area contributed by atoms with Crippen LogP contribution in [0.15, 0.2) is 42.5 Å². The van der Waals surface area contributed by atoms with E-state index < -0.39 is 0 Å². The van der Waals surface area contributed by atoms with Crippen molar-refractivity contribution in [3.05, 3.63) is 59.2 Å². The van der Waals surface area contributed by atoms with Crippen LogP contribution in [0, 0.1) is 6.92 Å². The molecule has 0 saturated carbocycles. The van der Waals surface area contributed by atoms with Crippen molar-refractivity contribution >= 4 is 12.0 Å². The Bertz CT molecular complexity index is 901. The van der Waals surface area contributed by atoms with Crippen LogP contribution in [-0.2, 0) is 4.79 Å². The summed E-state index contributed by atoms with van der Waals surface area (Å²) in [6.07, 6.45) is 4.01. The largest absolute Gasteiger partial charge is 0.493 e. The molecule has 1 N–H and O–H groups in total. The number of amides is 1. The van der Waals surface area contributed by atoms with Crippen LogP contribution in [-0.4, -0.2) is 25.7 Å². The number of fused-ring (bicyclic) bond motifs is 1. The predicted molar refractivity (Wildman–Crippen MR) is 110 cm³/mol. The van der Waals surface area contributed by atoms with Crippen molar-refractivity contribution in [3.63, 3.8) is 0 Å². The highest BCUT2D eigenvalue weighted by molar-refractivity contribution is 5.92. The van der Waals surface area contributed by atoms with Crippen LogP contribution in [0.3, 0.4) is 0 Å². The first-order valence-corrected chi connectivity index (χ1v) is 9.31. The van der Waals surface area contributed by atoms with Crippen molar-refractivity contribution < 1.29 is 19.0 Å². The fourth-order valence-corrected chi connectivity index (χ4v) is 3.45. The van der Waals surface area contributed by atoms with Gasteiger partial charge in [0.2, 0.25) is 5.91 Å². The fraction of sp³-hybridized carbons (Fsp3) is 0.348. The lowest BCUT2D eigenvalue weighted by Gasteiger charge is -2.38. The molecule has 1 heterocycles. The molecule has 0 fully saturated rings. The Kier molecular flexibility index (Phi) is 5.63. The summed E-state index contributed by atoms with van der Waals surface area (Å²) in [4.78, 5) is 12.6. The molecule has 2 aromatic rings. The quantitative estimate of drug-likeness (QED) is 0.778. The second kappa shape index (κ2) is 7.97. The molecule has 1 atom stereocenters. The molecular formula is C23H27NO4. The summed E-state index contributed by atoms with van der Waals surface area (Å²) in [5, 5.41) is 3.12. The Morgan fingerprint density at radius 2 is 1.89 bits per heavy atom. The van der Waals surface area contributed by atoms with Crippen LogP contribution in [0.25, 0.3) is 6.08 Å². The summed E-state index contributed by atoms with van der Waals surface area (Å²) in [6, 6.07) is 11.5. The first-order chi connectivity index (χ1) is 13.3. The van der Waals surface area contributed by atoms with E-state index in [2.05, 4.69) is 11.4 Å². The number of nitrogens with one attached hydrogen (secondary N) is 1. The summed E-state index contributed by atoms with van der Waals surface area (Å²) in [5.74, 6) is 1.96. The van der Waals surface area contributed by atoms with Crippen molar-refractivity contribution in [3.8, 4) is 17.2 Å². The Balaban J connectivity index is 1.76. The van der Waals surface area contributed by atoms with Gasteiger partial charge in [-0.2, -0.15) is 0 Å². The maximum atomic E-state index is 12.6. The summed E-state index contributed by atoms with van der Waals surface area (Å²) in [6.45, 7) is 6.11. The molecule has 28 heavy (non-hydrogen) atoms. The number of benzene rings is 2. The average Bonchev–Trinajstić information content (AvgIpc) is 2.66. The van der Waals surface area contributed by atoms with Crippen molar-refractivity contribution in [2.75, 3.05) is 14.2 Å². The smallest absolute Gasteiger partial charge is 0.244 e. The lowest BCUT2D eigenvalue weighted by atomic mass is 9.89. The third kappa shape index (κ3) is 4.47. The number of rotatable bonds is 5. The maximum absolute atomic E-state index is 12.6. The van der Waals surface area contributed by atoms with Crippen molar-refractivity contribution in [2.45, 2.75) is 38.8 Å². The first kappa shape index (κ1) is 19.8. The second-order valence-corrected chi connectivity index (χ2v) is 7.62. The van der Waals surface area contributed by atoms with E-state index in [1.807, 2.05) is 51.1 Å². The van der Waals surface area contributed by atoms with Gasteiger partial charge in [0, 0.05) is 18.1 Å². The highest BCUT2D eigenvalue weighted by Crippen LogP contribution is 2.39. The number of carbonyl (C=O) groups excluding carboxylic acids is 1. The van der Waals surface area contributed by atoms with Gasteiger partial charge in [-0.3, -0.25) is 4.79 Å². The number of ether oxygens (including phenoxy) is 3. The second-order valence-electron chi connectivity index (χ2n) is 7.62. The first-order valence-electron chi connectivity index (χ1n) is 9.31. The number of aryl methyl sites for hydroxylation is 1. The zero-order valence-electron chi connectivity index (χ0n) is 17.0.